The van der Waals surface area contributed by atoms with Crippen LogP contribution in [0.5, 0.6) is 0 Å². The van der Waals surface area contributed by atoms with Crippen LogP contribution in [-0.4, -0.2) is 44.7 Å². The lowest BCUT2D eigenvalue weighted by atomic mass is 10.1. The Morgan fingerprint density at radius 3 is 2.48 bits per heavy atom. The molecule has 8 heteroatoms. The van der Waals surface area contributed by atoms with Gasteiger partial charge in [-0.05, 0) is 25.3 Å². The van der Waals surface area contributed by atoms with Crippen molar-refractivity contribution in [2.24, 2.45) is 0 Å². The number of sulfonamides is 1. The van der Waals surface area contributed by atoms with Gasteiger partial charge in [-0.2, -0.15) is 17.5 Å². The smallest absolute Gasteiger partial charge is 0.381 e. The largest absolute Gasteiger partial charge is 0.402 e. The van der Waals surface area contributed by atoms with Crippen molar-refractivity contribution >= 4 is 10.0 Å². The Morgan fingerprint density at radius 2 is 1.91 bits per heavy atom. The molecule has 0 radical (unpaired) electrons. The van der Waals surface area contributed by atoms with Gasteiger partial charge in [0, 0.05) is 19.3 Å². The van der Waals surface area contributed by atoms with E-state index in [1.54, 1.807) is 18.2 Å². The van der Waals surface area contributed by atoms with Crippen LogP contribution >= 0.6 is 0 Å². The van der Waals surface area contributed by atoms with Crippen molar-refractivity contribution in [2.45, 2.75) is 37.7 Å². The fraction of sp³-hybridized carbons (Fsp3) is 0.600. The van der Waals surface area contributed by atoms with Crippen LogP contribution in [0, 0.1) is 6.92 Å². The van der Waals surface area contributed by atoms with Gasteiger partial charge in [-0.15, -0.1) is 0 Å². The molecule has 2 rings (SSSR count). The third kappa shape index (κ3) is 5.47. The second-order valence-electron chi connectivity index (χ2n) is 5.75. The zero-order valence-electron chi connectivity index (χ0n) is 12.8. The lowest BCUT2D eigenvalue weighted by Crippen LogP contribution is -2.48. The first-order valence-corrected chi connectivity index (χ1v) is 8.98. The predicted octanol–water partition coefficient (Wildman–Crippen LogP) is 2.87. The maximum atomic E-state index is 12.9. The molecule has 0 amide bonds. The Balaban J connectivity index is 2.24. The summed E-state index contributed by atoms with van der Waals surface area (Å²) in [6, 6.07) is 6.12. The molecule has 1 aromatic rings. The number of ether oxygens (including phenoxy) is 1. The monoisotopic (exact) mass is 351 g/mol. The summed E-state index contributed by atoms with van der Waals surface area (Å²) in [4.78, 5) is 0. The van der Waals surface area contributed by atoms with Gasteiger partial charge in [0.2, 0.25) is 10.0 Å². The van der Waals surface area contributed by atoms with Crippen molar-refractivity contribution in [1.82, 2.24) is 4.31 Å². The van der Waals surface area contributed by atoms with Crippen LogP contribution in [0.25, 0.3) is 0 Å². The van der Waals surface area contributed by atoms with E-state index in [0.29, 0.717) is 9.87 Å². The SMILES string of the molecule is Cc1cccc(CS(=O)(=O)N(CC(F)(F)F)C2CCOCC2)c1. The van der Waals surface area contributed by atoms with Crippen LogP contribution in [0.3, 0.4) is 0 Å². The summed E-state index contributed by atoms with van der Waals surface area (Å²) in [5.41, 5.74) is 1.36. The first-order chi connectivity index (χ1) is 10.7. The van der Waals surface area contributed by atoms with Crippen LogP contribution in [0.1, 0.15) is 24.0 Å². The Labute approximate surface area is 134 Å². The Hall–Kier alpha value is -1.12. The zero-order chi connectivity index (χ0) is 17.1. The fourth-order valence-electron chi connectivity index (χ4n) is 2.70. The van der Waals surface area contributed by atoms with E-state index in [0.717, 1.165) is 5.56 Å². The standard InChI is InChI=1S/C15H20F3NO3S/c1-12-3-2-4-13(9-12)10-23(20,21)19(11-15(16,17)18)14-5-7-22-8-6-14/h2-4,9,14H,5-8,10-11H2,1H3. The number of benzene rings is 1. The first-order valence-electron chi connectivity index (χ1n) is 7.37. The van der Waals surface area contributed by atoms with E-state index < -0.39 is 34.5 Å². The van der Waals surface area contributed by atoms with E-state index in [1.165, 1.54) is 0 Å². The summed E-state index contributed by atoms with van der Waals surface area (Å²) < 4.78 is 69.4. The van der Waals surface area contributed by atoms with Crippen molar-refractivity contribution in [3.8, 4) is 0 Å². The van der Waals surface area contributed by atoms with Crippen LogP contribution < -0.4 is 0 Å². The van der Waals surface area contributed by atoms with Gasteiger partial charge >= 0.3 is 6.18 Å². The van der Waals surface area contributed by atoms with Gasteiger partial charge in [-0.3, -0.25) is 0 Å². The van der Waals surface area contributed by atoms with Crippen molar-refractivity contribution in [2.75, 3.05) is 19.8 Å². The van der Waals surface area contributed by atoms with E-state index >= 15 is 0 Å². The number of rotatable bonds is 5. The molecule has 0 aromatic heterocycles. The Morgan fingerprint density at radius 1 is 1.26 bits per heavy atom. The third-order valence-electron chi connectivity index (χ3n) is 3.72. The molecule has 0 saturated carbocycles. The summed E-state index contributed by atoms with van der Waals surface area (Å²) >= 11 is 0. The van der Waals surface area contributed by atoms with Gasteiger partial charge in [0.05, 0.1) is 5.75 Å². The van der Waals surface area contributed by atoms with Gasteiger partial charge in [-0.1, -0.05) is 29.8 Å². The normalized spacial score (nSPS) is 17.6. The molecule has 4 nitrogen and oxygen atoms in total. The second kappa shape index (κ2) is 7.19. The van der Waals surface area contributed by atoms with Gasteiger partial charge in [-0.25, -0.2) is 8.42 Å². The minimum atomic E-state index is -4.57. The molecule has 0 unspecified atom stereocenters. The highest BCUT2D eigenvalue weighted by atomic mass is 32.2. The minimum absolute atomic E-state index is 0.277. The van der Waals surface area contributed by atoms with Gasteiger partial charge in [0.25, 0.3) is 0 Å². The summed E-state index contributed by atoms with van der Waals surface area (Å²) in [7, 11) is -4.07. The van der Waals surface area contributed by atoms with Crippen molar-refractivity contribution in [3.63, 3.8) is 0 Å². The van der Waals surface area contributed by atoms with Gasteiger partial charge in [0.1, 0.15) is 6.54 Å². The van der Waals surface area contributed by atoms with E-state index in [1.807, 2.05) is 13.0 Å². The quantitative estimate of drug-likeness (QED) is 0.820. The molecule has 0 N–H and O–H groups in total. The molecule has 1 aromatic carbocycles. The summed E-state index contributed by atoms with van der Waals surface area (Å²) in [5, 5.41) is 0. The van der Waals surface area contributed by atoms with E-state index in [-0.39, 0.29) is 26.1 Å². The molecule has 1 saturated heterocycles. The zero-order valence-corrected chi connectivity index (χ0v) is 13.7. The van der Waals surface area contributed by atoms with Crippen LogP contribution in [0.15, 0.2) is 24.3 Å². The lowest BCUT2D eigenvalue weighted by molar-refractivity contribution is -0.141. The molecule has 1 aliphatic rings. The highest BCUT2D eigenvalue weighted by Gasteiger charge is 2.40. The second-order valence-corrected chi connectivity index (χ2v) is 7.67. The number of halogens is 3. The molecule has 0 atom stereocenters. The fourth-order valence-corrected chi connectivity index (χ4v) is 4.47. The maximum absolute atomic E-state index is 12.9. The lowest BCUT2D eigenvalue weighted by Gasteiger charge is -2.33. The van der Waals surface area contributed by atoms with Gasteiger partial charge < -0.3 is 4.74 Å². The Bertz CT molecular complexity index is 625. The topological polar surface area (TPSA) is 46.6 Å². The number of nitrogens with zero attached hydrogens (tertiary/aromatic N) is 1. The third-order valence-corrected chi connectivity index (χ3v) is 5.56. The van der Waals surface area contributed by atoms with E-state index in [2.05, 4.69) is 0 Å². The number of alkyl halides is 3. The van der Waals surface area contributed by atoms with Crippen LogP contribution in [-0.2, 0) is 20.5 Å². The van der Waals surface area contributed by atoms with E-state index in [9.17, 15) is 21.6 Å². The number of hydrogen-bond donors (Lipinski definition) is 0. The van der Waals surface area contributed by atoms with Crippen molar-refractivity contribution in [1.29, 1.82) is 0 Å². The molecular weight excluding hydrogens is 331 g/mol. The highest BCUT2D eigenvalue weighted by Crippen LogP contribution is 2.26. The summed E-state index contributed by atoms with van der Waals surface area (Å²) in [6.45, 7) is 0.909. The maximum Gasteiger partial charge on any atom is 0.402 e. The highest BCUT2D eigenvalue weighted by molar-refractivity contribution is 7.88. The average molecular weight is 351 g/mol. The summed E-state index contributed by atoms with van der Waals surface area (Å²) in [5.74, 6) is -0.428. The average Bonchev–Trinajstić information content (AvgIpc) is 2.44. The molecule has 1 aliphatic heterocycles. The molecular formula is C15H20F3NO3S. The summed E-state index contributed by atoms with van der Waals surface area (Å²) in [6.07, 6.45) is -4.01. The van der Waals surface area contributed by atoms with Crippen LogP contribution in [0.4, 0.5) is 13.2 Å². The molecule has 0 spiro atoms. The predicted molar refractivity (Wildman–Crippen MR) is 80.4 cm³/mol. The molecule has 0 aliphatic carbocycles. The molecule has 130 valence electrons. The minimum Gasteiger partial charge on any atom is -0.381 e. The van der Waals surface area contributed by atoms with E-state index in [4.69, 9.17) is 4.74 Å². The molecule has 1 fully saturated rings. The van der Waals surface area contributed by atoms with Gasteiger partial charge in [0.15, 0.2) is 0 Å². The molecule has 1 heterocycles. The molecule has 0 bridgehead atoms. The number of hydrogen-bond acceptors (Lipinski definition) is 3. The Kier molecular flexibility index (Phi) is 5.70. The van der Waals surface area contributed by atoms with Crippen molar-refractivity contribution in [3.05, 3.63) is 35.4 Å². The number of aryl methyl sites for hydroxylation is 1. The first kappa shape index (κ1) is 18.2. The van der Waals surface area contributed by atoms with Crippen LogP contribution in [0.2, 0.25) is 0 Å². The molecule has 23 heavy (non-hydrogen) atoms. The van der Waals surface area contributed by atoms with Crippen molar-refractivity contribution < 1.29 is 26.3 Å².